The third kappa shape index (κ3) is 9.37. The molecule has 9 heteroatoms. The standard InChI is InChI=1S/C41H59N7OS/c1-9-15-19-30(13-5)26-47(27-31(14-6)20-16-10-2)41-44-36(32-23-21-28(7)22-24-32)39(50-41)43-35-29(8)34(25-42)40(49)48-38(35)45-37(46-48)33(17-11-3)18-12-4/h21-24,30-31,33H,9-20,26-27H2,1-8H3/b43-35-. The predicted molar refractivity (Wildman–Crippen MR) is 209 cm³/mol. The molecule has 0 saturated carbocycles. The number of rotatable bonds is 20. The molecule has 0 amide bonds. The zero-order valence-corrected chi connectivity index (χ0v) is 32.7. The van der Waals surface area contributed by atoms with Crippen LogP contribution in [0.5, 0.6) is 0 Å². The van der Waals surface area contributed by atoms with Crippen molar-refractivity contribution in [1.82, 2.24) is 19.7 Å². The molecule has 0 fully saturated rings. The summed E-state index contributed by atoms with van der Waals surface area (Å²) in [6.45, 7) is 19.3. The van der Waals surface area contributed by atoms with Crippen LogP contribution in [0.15, 0.2) is 40.4 Å². The summed E-state index contributed by atoms with van der Waals surface area (Å²) < 4.78 is 1.32. The topological polar surface area (TPSA) is 100 Å². The van der Waals surface area contributed by atoms with Crippen LogP contribution in [0, 0.1) is 30.1 Å². The number of aryl methyl sites for hydroxylation is 1. The molecular formula is C41H59N7OS. The van der Waals surface area contributed by atoms with E-state index >= 15 is 0 Å². The molecule has 270 valence electrons. The molecule has 4 rings (SSSR count). The van der Waals surface area contributed by atoms with Crippen LogP contribution < -0.4 is 4.90 Å². The first kappa shape index (κ1) is 39.2. The Labute approximate surface area is 305 Å². The highest BCUT2D eigenvalue weighted by Gasteiger charge is 2.34. The Morgan fingerprint density at radius 3 is 1.98 bits per heavy atom. The summed E-state index contributed by atoms with van der Waals surface area (Å²) in [5.74, 6) is 1.95. The Morgan fingerprint density at radius 2 is 1.46 bits per heavy atom. The first-order valence-corrected chi connectivity index (χ1v) is 20.1. The third-order valence-corrected chi connectivity index (χ3v) is 11.2. The van der Waals surface area contributed by atoms with Crippen molar-refractivity contribution in [2.24, 2.45) is 16.8 Å². The lowest BCUT2D eigenvalue weighted by atomic mass is 9.96. The Kier molecular flexibility index (Phi) is 15.0. The Balaban J connectivity index is 1.91. The molecule has 50 heavy (non-hydrogen) atoms. The van der Waals surface area contributed by atoms with Crippen LogP contribution >= 0.6 is 11.3 Å². The van der Waals surface area contributed by atoms with Gasteiger partial charge in [0, 0.05) is 30.1 Å². The fraction of sp³-hybridized carbons (Fsp3) is 0.610. The Hall–Kier alpha value is -3.64. The molecule has 2 atom stereocenters. The molecule has 1 aromatic carbocycles. The van der Waals surface area contributed by atoms with Gasteiger partial charge in [0.25, 0.3) is 5.91 Å². The van der Waals surface area contributed by atoms with Crippen LogP contribution in [-0.2, 0) is 0 Å². The van der Waals surface area contributed by atoms with E-state index in [2.05, 4.69) is 83.7 Å². The molecule has 3 aromatic rings. The number of nitrogens with zero attached hydrogens (tertiary/aromatic N) is 7. The number of carbonyl (C=O) groups excluding carboxylic acids is 1. The van der Waals surface area contributed by atoms with E-state index in [0.29, 0.717) is 34.8 Å². The molecule has 2 aromatic heterocycles. The lowest BCUT2D eigenvalue weighted by Crippen LogP contribution is -2.34. The number of carbonyl (C=O) groups is 1. The molecule has 1 aliphatic rings. The van der Waals surface area contributed by atoms with E-state index in [4.69, 9.17) is 20.1 Å². The average Bonchev–Trinajstić information content (AvgIpc) is 3.75. The number of allylic oxidation sites excluding steroid dienone is 2. The van der Waals surface area contributed by atoms with Crippen molar-refractivity contribution in [1.29, 1.82) is 5.26 Å². The molecule has 0 radical (unpaired) electrons. The lowest BCUT2D eigenvalue weighted by molar-refractivity contribution is 0.0941. The highest BCUT2D eigenvalue weighted by atomic mass is 32.1. The number of anilines is 1. The van der Waals surface area contributed by atoms with Gasteiger partial charge in [-0.2, -0.15) is 9.94 Å². The van der Waals surface area contributed by atoms with E-state index in [1.54, 1.807) is 11.3 Å². The van der Waals surface area contributed by atoms with Crippen molar-refractivity contribution in [2.75, 3.05) is 18.0 Å². The van der Waals surface area contributed by atoms with E-state index in [1.165, 1.54) is 48.8 Å². The molecule has 0 aliphatic carbocycles. The van der Waals surface area contributed by atoms with E-state index in [1.807, 2.05) is 6.92 Å². The van der Waals surface area contributed by atoms with Gasteiger partial charge in [-0.25, -0.2) is 15.0 Å². The van der Waals surface area contributed by atoms with Crippen LogP contribution in [0.2, 0.25) is 0 Å². The predicted octanol–water partition coefficient (Wildman–Crippen LogP) is 11.2. The number of benzene rings is 1. The van der Waals surface area contributed by atoms with Crippen LogP contribution in [0.3, 0.4) is 0 Å². The van der Waals surface area contributed by atoms with Gasteiger partial charge in [-0.05, 0) is 51.4 Å². The van der Waals surface area contributed by atoms with E-state index in [0.717, 1.165) is 73.0 Å². The molecule has 1 aliphatic heterocycles. The molecule has 0 saturated heterocycles. The van der Waals surface area contributed by atoms with Crippen molar-refractivity contribution >= 4 is 33.1 Å². The van der Waals surface area contributed by atoms with Gasteiger partial charge in [0.1, 0.15) is 28.0 Å². The quantitative estimate of drug-likeness (QED) is 0.116. The van der Waals surface area contributed by atoms with E-state index < -0.39 is 5.91 Å². The van der Waals surface area contributed by atoms with Crippen LogP contribution in [0.25, 0.3) is 11.3 Å². The maximum atomic E-state index is 13.5. The van der Waals surface area contributed by atoms with Crippen molar-refractivity contribution < 1.29 is 4.79 Å². The monoisotopic (exact) mass is 697 g/mol. The highest BCUT2D eigenvalue weighted by Crippen LogP contribution is 2.42. The largest absolute Gasteiger partial charge is 0.347 e. The summed E-state index contributed by atoms with van der Waals surface area (Å²) in [5.41, 5.74) is 4.10. The summed E-state index contributed by atoms with van der Waals surface area (Å²) in [7, 11) is 0. The van der Waals surface area contributed by atoms with Gasteiger partial charge in [-0.15, -0.1) is 5.10 Å². The molecule has 3 heterocycles. The van der Waals surface area contributed by atoms with Crippen molar-refractivity contribution in [3.05, 3.63) is 52.6 Å². The van der Waals surface area contributed by atoms with Crippen LogP contribution in [-0.4, -0.2) is 44.5 Å². The number of hydrogen-bond acceptors (Lipinski definition) is 8. The Morgan fingerprint density at radius 1 is 0.860 bits per heavy atom. The van der Waals surface area contributed by atoms with Gasteiger partial charge in [0.05, 0.1) is 0 Å². The summed E-state index contributed by atoms with van der Waals surface area (Å²) in [5, 5.41) is 16.6. The van der Waals surface area contributed by atoms with E-state index in [9.17, 15) is 10.1 Å². The second-order valence-electron chi connectivity index (χ2n) is 14.1. The number of unbranched alkanes of at least 4 members (excludes halogenated alkanes) is 2. The first-order valence-electron chi connectivity index (χ1n) is 19.3. The molecule has 0 N–H and O–H groups in total. The number of thiazole rings is 1. The smallest absolute Gasteiger partial charge is 0.291 e. The molecule has 2 unspecified atom stereocenters. The van der Waals surface area contributed by atoms with Gasteiger partial charge in [-0.3, -0.25) is 4.79 Å². The summed E-state index contributed by atoms with van der Waals surface area (Å²) in [6, 6.07) is 10.6. The van der Waals surface area contributed by atoms with Gasteiger partial charge >= 0.3 is 0 Å². The SMILES string of the molecule is CCCCC(CC)CN(CC(CC)CCCC)c1nc(-c2ccc(C)cc2)c(/N=C2/C(C)=C(C#N)C(=O)n3nc(C(CCC)CCC)nc32)s1. The molecule has 0 spiro atoms. The molecule has 8 nitrogen and oxygen atoms in total. The number of aliphatic imine (C=N–C) groups is 1. The van der Waals surface area contributed by atoms with Crippen molar-refractivity contribution in [3.63, 3.8) is 0 Å². The maximum absolute atomic E-state index is 13.5. The summed E-state index contributed by atoms with van der Waals surface area (Å²) >= 11 is 1.61. The minimum atomic E-state index is -0.435. The van der Waals surface area contributed by atoms with Crippen molar-refractivity contribution in [3.8, 4) is 17.3 Å². The van der Waals surface area contributed by atoms with Gasteiger partial charge in [-0.1, -0.05) is 134 Å². The average molecular weight is 698 g/mol. The molecule has 0 bridgehead atoms. The number of nitriles is 1. The highest BCUT2D eigenvalue weighted by molar-refractivity contribution is 7.19. The van der Waals surface area contributed by atoms with Crippen LogP contribution in [0.1, 0.15) is 153 Å². The summed E-state index contributed by atoms with van der Waals surface area (Å²) in [6.07, 6.45) is 13.4. The number of fused-ring (bicyclic) bond motifs is 1. The van der Waals surface area contributed by atoms with Crippen molar-refractivity contribution in [2.45, 2.75) is 138 Å². The fourth-order valence-corrected chi connectivity index (χ4v) is 7.90. The first-order chi connectivity index (χ1) is 24.2. The Bertz CT molecular complexity index is 1630. The number of hydrogen-bond donors (Lipinski definition) is 0. The molecular weight excluding hydrogens is 639 g/mol. The zero-order valence-electron chi connectivity index (χ0n) is 31.9. The maximum Gasteiger partial charge on any atom is 0.291 e. The second-order valence-corrected chi connectivity index (χ2v) is 15.1. The third-order valence-electron chi connectivity index (χ3n) is 10.2. The summed E-state index contributed by atoms with van der Waals surface area (Å²) in [4.78, 5) is 31.7. The zero-order chi connectivity index (χ0) is 36.2. The number of aromatic nitrogens is 4. The lowest BCUT2D eigenvalue weighted by Gasteiger charge is -2.30. The van der Waals surface area contributed by atoms with E-state index in [-0.39, 0.29) is 11.5 Å². The second kappa shape index (κ2) is 19.1. The van der Waals surface area contributed by atoms with Gasteiger partial charge in [0.2, 0.25) is 0 Å². The van der Waals surface area contributed by atoms with Gasteiger partial charge in [0.15, 0.2) is 16.8 Å². The fourth-order valence-electron chi connectivity index (χ4n) is 6.92. The normalized spacial score (nSPS) is 15.1. The van der Waals surface area contributed by atoms with Gasteiger partial charge < -0.3 is 4.90 Å². The minimum absolute atomic E-state index is 0.0573. The van der Waals surface area contributed by atoms with Crippen LogP contribution in [0.4, 0.5) is 10.1 Å². The minimum Gasteiger partial charge on any atom is -0.347 e.